The molecule has 0 aliphatic heterocycles. The normalized spacial score (nSPS) is 10.8. The number of carbonyl (C=O) groups is 1. The maximum atomic E-state index is 12.7. The van der Waals surface area contributed by atoms with Crippen molar-refractivity contribution in [1.82, 2.24) is 15.0 Å². The van der Waals surface area contributed by atoms with Crippen molar-refractivity contribution in [3.8, 4) is 17.2 Å². The largest absolute Gasteiger partial charge is 0.497 e. The molecule has 0 aliphatic rings. The van der Waals surface area contributed by atoms with Crippen molar-refractivity contribution in [1.29, 1.82) is 0 Å². The fourth-order valence-corrected chi connectivity index (χ4v) is 3.38. The van der Waals surface area contributed by atoms with Gasteiger partial charge in [0.25, 0.3) is 5.91 Å². The lowest BCUT2D eigenvalue weighted by Crippen LogP contribution is -2.13. The van der Waals surface area contributed by atoms with Crippen LogP contribution in [0, 0.1) is 6.92 Å². The van der Waals surface area contributed by atoms with E-state index in [2.05, 4.69) is 15.5 Å². The average Bonchev–Trinajstić information content (AvgIpc) is 3.18. The van der Waals surface area contributed by atoms with Crippen LogP contribution < -0.4 is 14.8 Å². The minimum Gasteiger partial charge on any atom is -0.497 e. The van der Waals surface area contributed by atoms with Gasteiger partial charge in [0.15, 0.2) is 0 Å². The number of nitrogens with one attached hydrogen (secondary N) is 1. The number of methoxy groups -OCH3 is 1. The molecule has 0 radical (unpaired) electrons. The minimum absolute atomic E-state index is 0.269. The molecule has 1 heterocycles. The van der Waals surface area contributed by atoms with Gasteiger partial charge in [0.05, 0.1) is 24.4 Å². The number of fused-ring (bicyclic) bond motifs is 1. The van der Waals surface area contributed by atoms with Crippen LogP contribution in [0.5, 0.6) is 11.5 Å². The standard InChI is InChI=1S/C23H21ClN4O3/c1-4-31-22-10-5-15(12-18(22)24)23(29)25-19-13-21-20(11-14(19)2)26-28(27-21)16-6-8-17(30-3)9-7-16/h5-13H,4H2,1-3H3,(H,25,29). The highest BCUT2D eigenvalue weighted by atomic mass is 35.5. The highest BCUT2D eigenvalue weighted by molar-refractivity contribution is 6.32. The molecule has 3 aromatic carbocycles. The Hall–Kier alpha value is -3.58. The van der Waals surface area contributed by atoms with E-state index in [4.69, 9.17) is 21.1 Å². The van der Waals surface area contributed by atoms with Gasteiger partial charge >= 0.3 is 0 Å². The molecule has 0 spiro atoms. The Labute approximate surface area is 184 Å². The Morgan fingerprint density at radius 2 is 1.77 bits per heavy atom. The highest BCUT2D eigenvalue weighted by Crippen LogP contribution is 2.27. The molecule has 0 fully saturated rings. The zero-order valence-corrected chi connectivity index (χ0v) is 18.1. The number of hydrogen-bond acceptors (Lipinski definition) is 5. The van der Waals surface area contributed by atoms with Crippen LogP contribution in [-0.4, -0.2) is 34.6 Å². The third-order valence-electron chi connectivity index (χ3n) is 4.77. The van der Waals surface area contributed by atoms with Gasteiger partial charge in [-0.3, -0.25) is 4.79 Å². The zero-order chi connectivity index (χ0) is 22.0. The smallest absolute Gasteiger partial charge is 0.255 e. The molecule has 7 nitrogen and oxygen atoms in total. The lowest BCUT2D eigenvalue weighted by atomic mass is 10.1. The number of hydrogen-bond donors (Lipinski definition) is 1. The van der Waals surface area contributed by atoms with Crippen LogP contribution >= 0.6 is 11.6 Å². The van der Waals surface area contributed by atoms with E-state index in [1.807, 2.05) is 50.2 Å². The quantitative estimate of drug-likeness (QED) is 0.458. The van der Waals surface area contributed by atoms with Crippen molar-refractivity contribution in [2.75, 3.05) is 19.0 Å². The summed E-state index contributed by atoms with van der Waals surface area (Å²) in [5.41, 5.74) is 4.18. The molecule has 0 bridgehead atoms. The number of benzene rings is 3. The second-order valence-electron chi connectivity index (χ2n) is 6.88. The van der Waals surface area contributed by atoms with E-state index < -0.39 is 0 Å². The monoisotopic (exact) mass is 436 g/mol. The molecule has 0 unspecified atom stereocenters. The van der Waals surface area contributed by atoms with E-state index >= 15 is 0 Å². The summed E-state index contributed by atoms with van der Waals surface area (Å²) in [6.07, 6.45) is 0. The van der Waals surface area contributed by atoms with Gasteiger partial charge in [-0.25, -0.2) is 0 Å². The fourth-order valence-electron chi connectivity index (χ4n) is 3.14. The molecule has 0 saturated heterocycles. The van der Waals surface area contributed by atoms with Crippen LogP contribution in [0.2, 0.25) is 5.02 Å². The Bertz CT molecular complexity index is 1250. The van der Waals surface area contributed by atoms with Gasteiger partial charge in [0, 0.05) is 11.3 Å². The number of amides is 1. The van der Waals surface area contributed by atoms with Crippen LogP contribution in [-0.2, 0) is 0 Å². The topological polar surface area (TPSA) is 78.3 Å². The number of aromatic nitrogens is 3. The van der Waals surface area contributed by atoms with Crippen LogP contribution in [0.1, 0.15) is 22.8 Å². The summed E-state index contributed by atoms with van der Waals surface area (Å²) in [5, 5.41) is 12.4. The fraction of sp³-hybridized carbons (Fsp3) is 0.174. The molecular weight excluding hydrogens is 416 g/mol. The average molecular weight is 437 g/mol. The predicted octanol–water partition coefficient (Wildman–Crippen LogP) is 5.04. The Morgan fingerprint density at radius 3 is 2.42 bits per heavy atom. The molecule has 31 heavy (non-hydrogen) atoms. The summed E-state index contributed by atoms with van der Waals surface area (Å²) < 4.78 is 10.6. The molecule has 0 atom stereocenters. The van der Waals surface area contributed by atoms with Crippen molar-refractivity contribution < 1.29 is 14.3 Å². The van der Waals surface area contributed by atoms with E-state index in [1.165, 1.54) is 0 Å². The first kappa shape index (κ1) is 20.7. The van der Waals surface area contributed by atoms with Gasteiger partial charge in [-0.2, -0.15) is 4.80 Å². The molecule has 0 saturated carbocycles. The van der Waals surface area contributed by atoms with Gasteiger partial charge in [0.1, 0.15) is 22.5 Å². The van der Waals surface area contributed by atoms with E-state index in [9.17, 15) is 4.79 Å². The zero-order valence-electron chi connectivity index (χ0n) is 17.3. The first-order valence-electron chi connectivity index (χ1n) is 9.74. The molecule has 4 rings (SSSR count). The van der Waals surface area contributed by atoms with Gasteiger partial charge in [-0.05, 0) is 74.0 Å². The SMILES string of the molecule is CCOc1ccc(C(=O)Nc2cc3nn(-c4ccc(OC)cc4)nc3cc2C)cc1Cl. The number of nitrogens with zero attached hydrogens (tertiary/aromatic N) is 3. The maximum Gasteiger partial charge on any atom is 0.255 e. The Morgan fingerprint density at radius 1 is 1.06 bits per heavy atom. The second-order valence-corrected chi connectivity index (χ2v) is 7.28. The number of anilines is 1. The Kier molecular flexibility index (Phi) is 5.77. The summed E-state index contributed by atoms with van der Waals surface area (Å²) in [4.78, 5) is 14.3. The van der Waals surface area contributed by atoms with Crippen molar-refractivity contribution in [2.45, 2.75) is 13.8 Å². The summed E-state index contributed by atoms with van der Waals surface area (Å²) >= 11 is 6.21. The summed E-state index contributed by atoms with van der Waals surface area (Å²) in [7, 11) is 1.62. The third kappa shape index (κ3) is 4.32. The van der Waals surface area contributed by atoms with E-state index in [-0.39, 0.29) is 5.91 Å². The molecule has 0 aliphatic carbocycles. The van der Waals surface area contributed by atoms with Crippen molar-refractivity contribution in [3.05, 3.63) is 70.7 Å². The van der Waals surface area contributed by atoms with Crippen molar-refractivity contribution in [3.63, 3.8) is 0 Å². The summed E-state index contributed by atoms with van der Waals surface area (Å²) in [5.74, 6) is 1.04. The predicted molar refractivity (Wildman–Crippen MR) is 121 cm³/mol. The first-order chi connectivity index (χ1) is 15.0. The van der Waals surface area contributed by atoms with Crippen LogP contribution in [0.15, 0.2) is 54.6 Å². The second kappa shape index (κ2) is 8.65. The highest BCUT2D eigenvalue weighted by Gasteiger charge is 2.13. The molecule has 158 valence electrons. The van der Waals surface area contributed by atoms with E-state index in [1.54, 1.807) is 30.1 Å². The van der Waals surface area contributed by atoms with Crippen LogP contribution in [0.4, 0.5) is 5.69 Å². The third-order valence-corrected chi connectivity index (χ3v) is 5.07. The number of aryl methyl sites for hydroxylation is 1. The summed E-state index contributed by atoms with van der Waals surface area (Å²) in [6, 6.07) is 16.1. The molecule has 1 N–H and O–H groups in total. The first-order valence-corrected chi connectivity index (χ1v) is 10.1. The molecule has 4 aromatic rings. The van der Waals surface area contributed by atoms with Crippen LogP contribution in [0.3, 0.4) is 0 Å². The maximum absolute atomic E-state index is 12.7. The number of carbonyl (C=O) groups excluding carboxylic acids is 1. The Balaban J connectivity index is 1.59. The van der Waals surface area contributed by atoms with E-state index in [0.717, 1.165) is 22.5 Å². The van der Waals surface area contributed by atoms with Crippen molar-refractivity contribution >= 4 is 34.2 Å². The number of rotatable bonds is 6. The minimum atomic E-state index is -0.269. The molecule has 8 heteroatoms. The van der Waals surface area contributed by atoms with Gasteiger partial charge in [-0.1, -0.05) is 11.6 Å². The number of ether oxygens (including phenoxy) is 2. The molecule has 1 amide bonds. The molecular formula is C23H21ClN4O3. The van der Waals surface area contributed by atoms with Gasteiger partial charge in [-0.15, -0.1) is 10.2 Å². The van der Waals surface area contributed by atoms with Crippen molar-refractivity contribution in [2.24, 2.45) is 0 Å². The molecule has 1 aromatic heterocycles. The van der Waals surface area contributed by atoms with Gasteiger partial charge in [0.2, 0.25) is 0 Å². The lowest BCUT2D eigenvalue weighted by Gasteiger charge is -2.10. The van der Waals surface area contributed by atoms with Crippen LogP contribution in [0.25, 0.3) is 16.7 Å². The van der Waals surface area contributed by atoms with Gasteiger partial charge < -0.3 is 14.8 Å². The summed E-state index contributed by atoms with van der Waals surface area (Å²) in [6.45, 7) is 4.29. The lowest BCUT2D eigenvalue weighted by molar-refractivity contribution is 0.102. The number of halogens is 1. The van der Waals surface area contributed by atoms with E-state index in [0.29, 0.717) is 34.1 Å².